The molecule has 3 heteroatoms. The lowest BCUT2D eigenvalue weighted by Gasteiger charge is -2.13. The summed E-state index contributed by atoms with van der Waals surface area (Å²) in [6, 6.07) is 0. The van der Waals surface area contributed by atoms with E-state index in [4.69, 9.17) is 10.2 Å². The molecule has 0 aromatic heterocycles. The molecule has 0 rings (SSSR count). The summed E-state index contributed by atoms with van der Waals surface area (Å²) in [5, 5.41) is 17.7. The average molecular weight is 216 g/mol. The van der Waals surface area contributed by atoms with Crippen LogP contribution in [0.2, 0.25) is 0 Å². The number of aliphatic hydroxyl groups excluding tert-OH is 1. The summed E-state index contributed by atoms with van der Waals surface area (Å²) in [7, 11) is 0. The second kappa shape index (κ2) is 8.72. The van der Waals surface area contributed by atoms with Crippen molar-refractivity contribution < 1.29 is 15.0 Å². The minimum absolute atomic E-state index is 0.303. The summed E-state index contributed by atoms with van der Waals surface area (Å²) < 4.78 is 0. The molecule has 0 amide bonds. The van der Waals surface area contributed by atoms with Crippen LogP contribution in [-0.4, -0.2) is 22.3 Å². The number of carboxylic acids is 1. The van der Waals surface area contributed by atoms with Crippen molar-refractivity contribution >= 4 is 5.97 Å². The van der Waals surface area contributed by atoms with Gasteiger partial charge in [0, 0.05) is 0 Å². The van der Waals surface area contributed by atoms with Crippen LogP contribution in [0.1, 0.15) is 58.8 Å². The quantitative estimate of drug-likeness (QED) is 0.583. The molecule has 0 aliphatic rings. The van der Waals surface area contributed by atoms with Gasteiger partial charge in [-0.25, -0.2) is 4.79 Å². The maximum absolute atomic E-state index is 10.4. The van der Waals surface area contributed by atoms with Gasteiger partial charge in [0.25, 0.3) is 0 Å². The standard InChI is InChI=1S/C12H24O3/c1-3-4-5-6-7-8-10(2)9-11(13)12(14)15/h10-11,13H,3-9H2,1-2H3,(H,14,15). The van der Waals surface area contributed by atoms with Gasteiger partial charge in [0.05, 0.1) is 0 Å². The zero-order chi connectivity index (χ0) is 11.7. The van der Waals surface area contributed by atoms with Crippen molar-refractivity contribution in [3.8, 4) is 0 Å². The van der Waals surface area contributed by atoms with E-state index >= 15 is 0 Å². The molecule has 0 aliphatic carbocycles. The van der Waals surface area contributed by atoms with E-state index in [0.29, 0.717) is 12.3 Å². The molecule has 0 spiro atoms. The highest BCUT2D eigenvalue weighted by Crippen LogP contribution is 2.16. The number of carbonyl (C=O) groups is 1. The molecule has 0 aliphatic heterocycles. The third-order valence-electron chi connectivity index (χ3n) is 2.71. The largest absolute Gasteiger partial charge is 0.479 e. The third-order valence-corrected chi connectivity index (χ3v) is 2.71. The van der Waals surface area contributed by atoms with Crippen LogP contribution in [0.25, 0.3) is 0 Å². The van der Waals surface area contributed by atoms with Crippen molar-refractivity contribution in [1.29, 1.82) is 0 Å². The lowest BCUT2D eigenvalue weighted by molar-refractivity contribution is -0.147. The SMILES string of the molecule is CCCCCCCC(C)CC(O)C(=O)O. The van der Waals surface area contributed by atoms with E-state index in [9.17, 15) is 4.79 Å². The van der Waals surface area contributed by atoms with Gasteiger partial charge in [-0.1, -0.05) is 52.4 Å². The Hall–Kier alpha value is -0.570. The van der Waals surface area contributed by atoms with E-state index < -0.39 is 12.1 Å². The molecule has 0 aromatic carbocycles. The van der Waals surface area contributed by atoms with Crippen LogP contribution in [0.5, 0.6) is 0 Å². The van der Waals surface area contributed by atoms with Gasteiger partial charge in [-0.3, -0.25) is 0 Å². The molecule has 0 heterocycles. The van der Waals surface area contributed by atoms with Crippen LogP contribution in [0.4, 0.5) is 0 Å². The monoisotopic (exact) mass is 216 g/mol. The predicted molar refractivity (Wildman–Crippen MR) is 60.8 cm³/mol. The minimum atomic E-state index is -1.18. The van der Waals surface area contributed by atoms with Gasteiger partial charge in [0.1, 0.15) is 0 Å². The van der Waals surface area contributed by atoms with Gasteiger partial charge < -0.3 is 10.2 Å². The Labute approximate surface area is 92.5 Å². The Kier molecular flexibility index (Phi) is 8.38. The number of unbranched alkanes of at least 4 members (excludes halogenated alkanes) is 4. The highest BCUT2D eigenvalue weighted by molar-refractivity contribution is 5.71. The first-order valence-electron chi connectivity index (χ1n) is 5.98. The van der Waals surface area contributed by atoms with Gasteiger partial charge in [0.15, 0.2) is 6.10 Å². The summed E-state index contributed by atoms with van der Waals surface area (Å²) in [4.78, 5) is 10.4. The number of aliphatic hydroxyl groups is 1. The Morgan fingerprint density at radius 2 is 1.80 bits per heavy atom. The van der Waals surface area contributed by atoms with Gasteiger partial charge in [-0.2, -0.15) is 0 Å². The number of aliphatic carboxylic acids is 1. The Morgan fingerprint density at radius 3 is 2.33 bits per heavy atom. The lowest BCUT2D eigenvalue weighted by atomic mass is 9.96. The van der Waals surface area contributed by atoms with Crippen LogP contribution in [0.15, 0.2) is 0 Å². The number of rotatable bonds is 9. The van der Waals surface area contributed by atoms with E-state index in [0.717, 1.165) is 12.8 Å². The Bertz CT molecular complexity index is 168. The van der Waals surface area contributed by atoms with Crippen LogP contribution in [0, 0.1) is 5.92 Å². The average Bonchev–Trinajstić information content (AvgIpc) is 2.17. The lowest BCUT2D eigenvalue weighted by Crippen LogP contribution is -2.22. The molecule has 0 saturated heterocycles. The molecule has 3 nitrogen and oxygen atoms in total. The molecule has 0 fully saturated rings. The van der Waals surface area contributed by atoms with Crippen LogP contribution >= 0.6 is 0 Å². The third kappa shape index (κ3) is 8.43. The van der Waals surface area contributed by atoms with E-state index in [1.807, 2.05) is 6.92 Å². The molecule has 0 aromatic rings. The predicted octanol–water partition coefficient (Wildman–Crippen LogP) is 2.82. The van der Waals surface area contributed by atoms with E-state index in [1.165, 1.54) is 25.7 Å². The topological polar surface area (TPSA) is 57.5 Å². The second-order valence-corrected chi connectivity index (χ2v) is 4.40. The molecule has 0 radical (unpaired) electrons. The van der Waals surface area contributed by atoms with E-state index in [2.05, 4.69) is 6.92 Å². The van der Waals surface area contributed by atoms with Gasteiger partial charge in [-0.15, -0.1) is 0 Å². The maximum Gasteiger partial charge on any atom is 0.332 e. The molecular weight excluding hydrogens is 192 g/mol. The van der Waals surface area contributed by atoms with Crippen molar-refractivity contribution in [3.63, 3.8) is 0 Å². The molecular formula is C12H24O3. The molecule has 90 valence electrons. The zero-order valence-electron chi connectivity index (χ0n) is 9.91. The number of hydrogen-bond acceptors (Lipinski definition) is 2. The van der Waals surface area contributed by atoms with Crippen LogP contribution in [0.3, 0.4) is 0 Å². The summed E-state index contributed by atoms with van der Waals surface area (Å²) in [5.74, 6) is -0.800. The summed E-state index contributed by atoms with van der Waals surface area (Å²) in [6.45, 7) is 4.19. The summed E-state index contributed by atoms with van der Waals surface area (Å²) >= 11 is 0. The fraction of sp³-hybridized carbons (Fsp3) is 0.917. The van der Waals surface area contributed by atoms with Gasteiger partial charge in [-0.05, 0) is 12.3 Å². The smallest absolute Gasteiger partial charge is 0.332 e. The van der Waals surface area contributed by atoms with E-state index in [1.54, 1.807) is 0 Å². The number of hydrogen-bond donors (Lipinski definition) is 2. The highest BCUT2D eigenvalue weighted by Gasteiger charge is 2.16. The number of carboxylic acid groups (broad SMARTS) is 1. The van der Waals surface area contributed by atoms with Crippen molar-refractivity contribution in [2.75, 3.05) is 0 Å². The molecule has 0 saturated carbocycles. The molecule has 2 unspecified atom stereocenters. The first-order valence-corrected chi connectivity index (χ1v) is 5.98. The minimum Gasteiger partial charge on any atom is -0.479 e. The van der Waals surface area contributed by atoms with Crippen LogP contribution < -0.4 is 0 Å². The van der Waals surface area contributed by atoms with Crippen molar-refractivity contribution in [3.05, 3.63) is 0 Å². The van der Waals surface area contributed by atoms with E-state index in [-0.39, 0.29) is 0 Å². The molecule has 2 atom stereocenters. The molecule has 0 bridgehead atoms. The van der Waals surface area contributed by atoms with Gasteiger partial charge >= 0.3 is 5.97 Å². The van der Waals surface area contributed by atoms with Gasteiger partial charge in [0.2, 0.25) is 0 Å². The maximum atomic E-state index is 10.4. The molecule has 15 heavy (non-hydrogen) atoms. The normalized spacial score (nSPS) is 14.9. The second-order valence-electron chi connectivity index (χ2n) is 4.40. The van der Waals surface area contributed by atoms with Crippen LogP contribution in [-0.2, 0) is 4.79 Å². The summed E-state index contributed by atoms with van der Waals surface area (Å²) in [5.41, 5.74) is 0. The van der Waals surface area contributed by atoms with Crippen molar-refractivity contribution in [2.24, 2.45) is 5.92 Å². The fourth-order valence-electron chi connectivity index (χ4n) is 1.70. The van der Waals surface area contributed by atoms with Crippen molar-refractivity contribution in [2.45, 2.75) is 64.9 Å². The molecule has 2 N–H and O–H groups in total. The van der Waals surface area contributed by atoms with Crippen molar-refractivity contribution in [1.82, 2.24) is 0 Å². The first-order chi connectivity index (χ1) is 7.07. The fourth-order valence-corrected chi connectivity index (χ4v) is 1.70. The highest BCUT2D eigenvalue weighted by atomic mass is 16.4. The summed E-state index contributed by atoms with van der Waals surface area (Å²) in [6.07, 6.45) is 6.38. The Balaban J connectivity index is 3.40. The Morgan fingerprint density at radius 1 is 1.20 bits per heavy atom. The zero-order valence-corrected chi connectivity index (χ0v) is 9.91. The first kappa shape index (κ1) is 14.4.